The second-order valence-corrected chi connectivity index (χ2v) is 4.12. The van der Waals surface area contributed by atoms with Gasteiger partial charge in [-0.15, -0.1) is 0 Å². The maximum atomic E-state index is 5.77. The molecule has 1 aromatic rings. The van der Waals surface area contributed by atoms with E-state index in [4.69, 9.17) is 5.73 Å². The lowest BCUT2D eigenvalue weighted by Gasteiger charge is -2.17. The summed E-state index contributed by atoms with van der Waals surface area (Å²) in [5.74, 6) is 1.48. The third kappa shape index (κ3) is 3.24. The summed E-state index contributed by atoms with van der Waals surface area (Å²) in [7, 11) is 0. The van der Waals surface area contributed by atoms with Crippen LogP contribution in [0.3, 0.4) is 0 Å². The zero-order valence-electron chi connectivity index (χ0n) is 9.12. The fraction of sp³-hybridized carbons (Fsp3) is 0.545. The third-order valence-electron chi connectivity index (χ3n) is 2.05. The van der Waals surface area contributed by atoms with E-state index in [9.17, 15) is 0 Å². The Bertz CT molecular complexity index is 284. The molecule has 1 atom stereocenters. The van der Waals surface area contributed by atoms with Gasteiger partial charge in [0.15, 0.2) is 0 Å². The molecule has 3 N–H and O–H groups in total. The van der Waals surface area contributed by atoms with Crippen LogP contribution in [0.5, 0.6) is 0 Å². The maximum absolute atomic E-state index is 5.77. The van der Waals surface area contributed by atoms with Crippen LogP contribution >= 0.6 is 0 Å². The van der Waals surface area contributed by atoms with Crippen molar-refractivity contribution in [1.29, 1.82) is 0 Å². The summed E-state index contributed by atoms with van der Waals surface area (Å²) < 4.78 is 0. The highest BCUT2D eigenvalue weighted by Gasteiger charge is 2.06. The highest BCUT2D eigenvalue weighted by atomic mass is 15.0. The molecule has 14 heavy (non-hydrogen) atoms. The maximum Gasteiger partial charge on any atom is 0.149 e. The standard InChI is InChI=1S/C11H19N3/c1-8(2)7-9(3)14-11-10(12)5-4-6-13-11/h4-6,8-9H,7,12H2,1-3H3,(H,13,14). The zero-order valence-corrected chi connectivity index (χ0v) is 9.12. The van der Waals surface area contributed by atoms with E-state index in [1.807, 2.05) is 12.1 Å². The summed E-state index contributed by atoms with van der Waals surface area (Å²) in [5.41, 5.74) is 6.49. The van der Waals surface area contributed by atoms with Crippen molar-refractivity contribution in [3.05, 3.63) is 18.3 Å². The molecular formula is C11H19N3. The predicted molar refractivity (Wildman–Crippen MR) is 61.2 cm³/mol. The third-order valence-corrected chi connectivity index (χ3v) is 2.05. The molecule has 78 valence electrons. The fourth-order valence-electron chi connectivity index (χ4n) is 1.54. The van der Waals surface area contributed by atoms with Gasteiger partial charge >= 0.3 is 0 Å². The second-order valence-electron chi connectivity index (χ2n) is 4.12. The first-order chi connectivity index (χ1) is 6.59. The van der Waals surface area contributed by atoms with E-state index in [0.29, 0.717) is 17.6 Å². The Morgan fingerprint density at radius 2 is 2.14 bits per heavy atom. The average Bonchev–Trinajstić information content (AvgIpc) is 2.07. The van der Waals surface area contributed by atoms with Gasteiger partial charge in [0.1, 0.15) is 5.82 Å². The molecule has 0 amide bonds. The fourth-order valence-corrected chi connectivity index (χ4v) is 1.54. The van der Waals surface area contributed by atoms with E-state index in [-0.39, 0.29) is 0 Å². The van der Waals surface area contributed by atoms with Gasteiger partial charge in [-0.2, -0.15) is 0 Å². The van der Waals surface area contributed by atoms with Crippen molar-refractivity contribution in [2.24, 2.45) is 5.92 Å². The van der Waals surface area contributed by atoms with Crippen LogP contribution in [0.2, 0.25) is 0 Å². The number of hydrogen-bond acceptors (Lipinski definition) is 3. The number of nitrogens with zero attached hydrogens (tertiary/aromatic N) is 1. The molecule has 0 spiro atoms. The predicted octanol–water partition coefficient (Wildman–Crippen LogP) is 2.51. The van der Waals surface area contributed by atoms with Gasteiger partial charge in [-0.1, -0.05) is 13.8 Å². The highest BCUT2D eigenvalue weighted by molar-refractivity contribution is 5.60. The second kappa shape index (κ2) is 4.84. The van der Waals surface area contributed by atoms with E-state index >= 15 is 0 Å². The molecule has 0 saturated heterocycles. The summed E-state index contributed by atoms with van der Waals surface area (Å²) in [6.45, 7) is 6.56. The van der Waals surface area contributed by atoms with Gasteiger partial charge in [0.25, 0.3) is 0 Å². The minimum Gasteiger partial charge on any atom is -0.396 e. The van der Waals surface area contributed by atoms with Gasteiger partial charge in [0, 0.05) is 12.2 Å². The lowest BCUT2D eigenvalue weighted by Crippen LogP contribution is -2.19. The van der Waals surface area contributed by atoms with Crippen LogP contribution in [0.25, 0.3) is 0 Å². The number of hydrogen-bond donors (Lipinski definition) is 2. The van der Waals surface area contributed by atoms with E-state index in [1.54, 1.807) is 6.20 Å². The first-order valence-electron chi connectivity index (χ1n) is 5.06. The van der Waals surface area contributed by atoms with Gasteiger partial charge in [-0.3, -0.25) is 0 Å². The molecule has 0 radical (unpaired) electrons. The molecule has 0 bridgehead atoms. The van der Waals surface area contributed by atoms with Crippen LogP contribution < -0.4 is 11.1 Å². The lowest BCUT2D eigenvalue weighted by atomic mass is 10.1. The number of nitrogen functional groups attached to an aromatic ring is 1. The van der Waals surface area contributed by atoms with Crippen molar-refractivity contribution in [1.82, 2.24) is 4.98 Å². The molecule has 1 unspecified atom stereocenters. The van der Waals surface area contributed by atoms with Crippen LogP contribution in [-0.4, -0.2) is 11.0 Å². The van der Waals surface area contributed by atoms with Crippen molar-refractivity contribution in [3.63, 3.8) is 0 Å². The Labute approximate surface area is 85.7 Å². The monoisotopic (exact) mass is 193 g/mol. The molecule has 0 aliphatic heterocycles. The first-order valence-corrected chi connectivity index (χ1v) is 5.06. The summed E-state index contributed by atoms with van der Waals surface area (Å²) in [6.07, 6.45) is 2.87. The van der Waals surface area contributed by atoms with Crippen LogP contribution in [-0.2, 0) is 0 Å². The molecule has 3 heteroatoms. The molecule has 0 fully saturated rings. The van der Waals surface area contributed by atoms with Gasteiger partial charge in [0.2, 0.25) is 0 Å². The van der Waals surface area contributed by atoms with Crippen molar-refractivity contribution in [2.45, 2.75) is 33.2 Å². The summed E-state index contributed by atoms with van der Waals surface area (Å²) in [4.78, 5) is 4.19. The Hall–Kier alpha value is -1.25. The average molecular weight is 193 g/mol. The number of nitrogens with two attached hydrogens (primary N) is 1. The number of rotatable bonds is 4. The summed E-state index contributed by atoms with van der Waals surface area (Å²) >= 11 is 0. The van der Waals surface area contributed by atoms with E-state index in [1.165, 1.54) is 0 Å². The molecule has 3 nitrogen and oxygen atoms in total. The molecule has 0 aliphatic carbocycles. The van der Waals surface area contributed by atoms with Crippen molar-refractivity contribution in [2.75, 3.05) is 11.1 Å². The minimum absolute atomic E-state index is 0.409. The largest absolute Gasteiger partial charge is 0.396 e. The Morgan fingerprint density at radius 3 is 2.71 bits per heavy atom. The van der Waals surface area contributed by atoms with Crippen LogP contribution in [0, 0.1) is 5.92 Å². The Balaban J connectivity index is 2.56. The van der Waals surface area contributed by atoms with Crippen LogP contribution in [0.4, 0.5) is 11.5 Å². The Morgan fingerprint density at radius 1 is 1.43 bits per heavy atom. The van der Waals surface area contributed by atoms with Crippen LogP contribution in [0.1, 0.15) is 27.2 Å². The molecule has 0 saturated carbocycles. The SMILES string of the molecule is CC(C)CC(C)Nc1ncccc1N. The van der Waals surface area contributed by atoms with Crippen LogP contribution in [0.15, 0.2) is 18.3 Å². The lowest BCUT2D eigenvalue weighted by molar-refractivity contribution is 0.539. The quantitative estimate of drug-likeness (QED) is 0.772. The van der Waals surface area contributed by atoms with Gasteiger partial charge < -0.3 is 11.1 Å². The molecule has 1 rings (SSSR count). The topological polar surface area (TPSA) is 50.9 Å². The summed E-state index contributed by atoms with van der Waals surface area (Å²) in [6, 6.07) is 4.11. The van der Waals surface area contributed by atoms with Gasteiger partial charge in [-0.25, -0.2) is 4.98 Å². The first kappa shape index (κ1) is 10.8. The van der Waals surface area contributed by atoms with Crippen molar-refractivity contribution in [3.8, 4) is 0 Å². The molecule has 0 aromatic carbocycles. The molecule has 1 heterocycles. The van der Waals surface area contributed by atoms with E-state index < -0.39 is 0 Å². The van der Waals surface area contributed by atoms with Crippen molar-refractivity contribution >= 4 is 11.5 Å². The van der Waals surface area contributed by atoms with Crippen molar-refractivity contribution < 1.29 is 0 Å². The van der Waals surface area contributed by atoms with Gasteiger partial charge in [-0.05, 0) is 31.4 Å². The number of anilines is 2. The highest BCUT2D eigenvalue weighted by Crippen LogP contribution is 2.16. The minimum atomic E-state index is 0.409. The van der Waals surface area contributed by atoms with E-state index in [2.05, 4.69) is 31.1 Å². The molecule has 1 aromatic heterocycles. The smallest absolute Gasteiger partial charge is 0.149 e. The molecular weight excluding hydrogens is 174 g/mol. The van der Waals surface area contributed by atoms with E-state index in [0.717, 1.165) is 12.2 Å². The number of pyridine rings is 1. The number of nitrogens with one attached hydrogen (secondary N) is 1. The Kier molecular flexibility index (Phi) is 3.74. The van der Waals surface area contributed by atoms with Gasteiger partial charge in [0.05, 0.1) is 5.69 Å². The number of aromatic nitrogens is 1. The zero-order chi connectivity index (χ0) is 10.6. The summed E-state index contributed by atoms with van der Waals surface area (Å²) in [5, 5.41) is 3.31. The molecule has 0 aliphatic rings. The normalized spacial score (nSPS) is 12.9.